The summed E-state index contributed by atoms with van der Waals surface area (Å²) < 4.78 is 0. The second kappa shape index (κ2) is 4.76. The maximum atomic E-state index is 4.37. The van der Waals surface area contributed by atoms with Crippen LogP contribution in [0.25, 0.3) is 0 Å². The van der Waals surface area contributed by atoms with Crippen LogP contribution in [0.3, 0.4) is 0 Å². The summed E-state index contributed by atoms with van der Waals surface area (Å²) in [4.78, 5) is 10.9. The maximum Gasteiger partial charge on any atom is 0.132 e. The van der Waals surface area contributed by atoms with E-state index < -0.39 is 0 Å². The average Bonchev–Trinajstić information content (AvgIpc) is 2.93. The van der Waals surface area contributed by atoms with E-state index in [1.807, 2.05) is 13.1 Å². The number of aromatic amines is 1. The zero-order valence-electron chi connectivity index (χ0n) is 10.5. The van der Waals surface area contributed by atoms with Crippen LogP contribution in [0.2, 0.25) is 0 Å². The van der Waals surface area contributed by atoms with Crippen molar-refractivity contribution in [3.05, 3.63) is 36.0 Å². The van der Waals surface area contributed by atoms with Gasteiger partial charge < -0.3 is 4.90 Å². The van der Waals surface area contributed by atoms with Gasteiger partial charge in [0.25, 0.3) is 0 Å². The predicted molar refractivity (Wildman–Crippen MR) is 69.5 cm³/mol. The first-order valence-corrected chi connectivity index (χ1v) is 6.36. The van der Waals surface area contributed by atoms with Gasteiger partial charge in [-0.2, -0.15) is 5.10 Å². The van der Waals surface area contributed by atoms with Gasteiger partial charge >= 0.3 is 0 Å². The summed E-state index contributed by atoms with van der Waals surface area (Å²) in [5, 5.41) is 7.12. The van der Waals surface area contributed by atoms with E-state index in [9.17, 15) is 0 Å². The van der Waals surface area contributed by atoms with Gasteiger partial charge in [0.2, 0.25) is 0 Å². The molecule has 1 aliphatic heterocycles. The monoisotopic (exact) mass is 243 g/mol. The number of hydrogen-bond donors (Lipinski definition) is 1. The average molecular weight is 243 g/mol. The third-order valence-corrected chi connectivity index (χ3v) is 3.50. The number of rotatable bonds is 2. The molecule has 0 radical (unpaired) electrons. The van der Waals surface area contributed by atoms with Crippen LogP contribution in [0.5, 0.6) is 0 Å². The van der Waals surface area contributed by atoms with Gasteiger partial charge in [-0.1, -0.05) is 0 Å². The molecule has 3 rings (SSSR count). The van der Waals surface area contributed by atoms with Crippen LogP contribution in [0.1, 0.15) is 30.1 Å². The van der Waals surface area contributed by atoms with E-state index in [-0.39, 0.29) is 0 Å². The Morgan fingerprint density at radius 1 is 1.39 bits per heavy atom. The van der Waals surface area contributed by atoms with E-state index >= 15 is 0 Å². The van der Waals surface area contributed by atoms with E-state index in [0.717, 1.165) is 24.6 Å². The lowest BCUT2D eigenvalue weighted by Gasteiger charge is -2.33. The van der Waals surface area contributed by atoms with Crippen LogP contribution in [0.4, 0.5) is 5.82 Å². The van der Waals surface area contributed by atoms with Gasteiger partial charge in [0.1, 0.15) is 12.1 Å². The Morgan fingerprint density at radius 3 is 3.11 bits per heavy atom. The molecule has 5 heteroatoms. The topological polar surface area (TPSA) is 57.7 Å². The number of aryl methyl sites for hydroxylation is 1. The summed E-state index contributed by atoms with van der Waals surface area (Å²) in [6.07, 6.45) is 5.86. The summed E-state index contributed by atoms with van der Waals surface area (Å²) in [6.45, 7) is 4.07. The second-order valence-corrected chi connectivity index (χ2v) is 4.81. The van der Waals surface area contributed by atoms with E-state index in [1.165, 1.54) is 18.5 Å². The zero-order chi connectivity index (χ0) is 12.4. The highest BCUT2D eigenvalue weighted by Crippen LogP contribution is 2.27. The fourth-order valence-electron chi connectivity index (χ4n) is 2.55. The number of nitrogens with zero attached hydrogens (tertiary/aromatic N) is 4. The van der Waals surface area contributed by atoms with Gasteiger partial charge in [0.15, 0.2) is 0 Å². The summed E-state index contributed by atoms with van der Waals surface area (Å²) in [6, 6.07) is 4.12. The molecule has 1 saturated heterocycles. The quantitative estimate of drug-likeness (QED) is 0.875. The first kappa shape index (κ1) is 11.2. The molecule has 2 aromatic rings. The van der Waals surface area contributed by atoms with Crippen molar-refractivity contribution in [3.8, 4) is 0 Å². The van der Waals surface area contributed by atoms with Crippen LogP contribution in [0, 0.1) is 6.92 Å². The molecular weight excluding hydrogens is 226 g/mol. The van der Waals surface area contributed by atoms with Crippen molar-refractivity contribution in [1.82, 2.24) is 20.2 Å². The lowest BCUT2D eigenvalue weighted by Crippen LogP contribution is -2.35. The standard InChI is InChI=1S/C13H17N5/c1-10-7-13(15-9-14-10)18-6-2-3-11(8-18)12-4-5-16-17-12/h4-5,7,9,11H,2-3,6,8H2,1H3,(H,16,17). The maximum absolute atomic E-state index is 4.37. The first-order chi connectivity index (χ1) is 8.83. The number of aromatic nitrogens is 4. The fourth-order valence-corrected chi connectivity index (χ4v) is 2.55. The van der Waals surface area contributed by atoms with E-state index in [2.05, 4.69) is 37.2 Å². The lowest BCUT2D eigenvalue weighted by atomic mass is 9.95. The van der Waals surface area contributed by atoms with Gasteiger partial charge in [0.05, 0.1) is 0 Å². The Kier molecular flexibility index (Phi) is 2.96. The molecule has 0 saturated carbocycles. The van der Waals surface area contributed by atoms with Crippen molar-refractivity contribution in [2.75, 3.05) is 18.0 Å². The first-order valence-electron chi connectivity index (χ1n) is 6.36. The molecule has 0 amide bonds. The molecule has 94 valence electrons. The fraction of sp³-hybridized carbons (Fsp3) is 0.462. The third-order valence-electron chi connectivity index (χ3n) is 3.50. The highest BCUT2D eigenvalue weighted by atomic mass is 15.2. The van der Waals surface area contributed by atoms with Gasteiger partial charge in [-0.3, -0.25) is 5.10 Å². The minimum atomic E-state index is 0.525. The van der Waals surface area contributed by atoms with Crippen molar-refractivity contribution < 1.29 is 0 Å². The molecule has 0 aromatic carbocycles. The molecule has 1 N–H and O–H groups in total. The van der Waals surface area contributed by atoms with Crippen LogP contribution >= 0.6 is 0 Å². The van der Waals surface area contributed by atoms with Gasteiger partial charge in [0, 0.05) is 42.7 Å². The van der Waals surface area contributed by atoms with Crippen LogP contribution in [0.15, 0.2) is 24.7 Å². The van der Waals surface area contributed by atoms with Crippen LogP contribution in [-0.4, -0.2) is 33.3 Å². The SMILES string of the molecule is Cc1cc(N2CCCC(c3ccn[nH]3)C2)ncn1. The molecule has 1 aliphatic rings. The Hall–Kier alpha value is -1.91. The van der Waals surface area contributed by atoms with Gasteiger partial charge in [-0.25, -0.2) is 9.97 Å². The minimum absolute atomic E-state index is 0.525. The molecule has 1 unspecified atom stereocenters. The van der Waals surface area contributed by atoms with E-state index in [4.69, 9.17) is 0 Å². The molecule has 5 nitrogen and oxygen atoms in total. The smallest absolute Gasteiger partial charge is 0.132 e. The van der Waals surface area contributed by atoms with Gasteiger partial charge in [-0.15, -0.1) is 0 Å². The summed E-state index contributed by atoms with van der Waals surface area (Å²) >= 11 is 0. The Morgan fingerprint density at radius 2 is 2.33 bits per heavy atom. The van der Waals surface area contributed by atoms with Crippen molar-refractivity contribution in [2.24, 2.45) is 0 Å². The number of hydrogen-bond acceptors (Lipinski definition) is 4. The molecule has 3 heterocycles. The van der Waals surface area contributed by atoms with E-state index in [0.29, 0.717) is 5.92 Å². The molecule has 0 aliphatic carbocycles. The largest absolute Gasteiger partial charge is 0.356 e. The number of anilines is 1. The number of nitrogens with one attached hydrogen (secondary N) is 1. The Bertz CT molecular complexity index is 508. The zero-order valence-corrected chi connectivity index (χ0v) is 10.5. The molecular formula is C13H17N5. The Labute approximate surface area is 106 Å². The highest BCUT2D eigenvalue weighted by molar-refractivity contribution is 5.40. The molecule has 0 spiro atoms. The lowest BCUT2D eigenvalue weighted by molar-refractivity contribution is 0.497. The normalized spacial score (nSPS) is 20.1. The molecule has 1 fully saturated rings. The Balaban J connectivity index is 1.78. The minimum Gasteiger partial charge on any atom is -0.356 e. The number of H-pyrrole nitrogens is 1. The molecule has 18 heavy (non-hydrogen) atoms. The van der Waals surface area contributed by atoms with E-state index in [1.54, 1.807) is 6.33 Å². The molecule has 0 bridgehead atoms. The summed E-state index contributed by atoms with van der Waals surface area (Å²) in [5.74, 6) is 1.56. The third kappa shape index (κ3) is 2.20. The van der Waals surface area contributed by atoms with Crippen molar-refractivity contribution in [3.63, 3.8) is 0 Å². The summed E-state index contributed by atoms with van der Waals surface area (Å²) in [5.41, 5.74) is 2.24. The van der Waals surface area contributed by atoms with Crippen LogP contribution in [-0.2, 0) is 0 Å². The van der Waals surface area contributed by atoms with Crippen LogP contribution < -0.4 is 4.90 Å². The van der Waals surface area contributed by atoms with Crippen molar-refractivity contribution >= 4 is 5.82 Å². The van der Waals surface area contributed by atoms with Gasteiger partial charge in [-0.05, 0) is 25.8 Å². The second-order valence-electron chi connectivity index (χ2n) is 4.81. The number of piperidine rings is 1. The molecule has 2 aromatic heterocycles. The van der Waals surface area contributed by atoms with Crippen molar-refractivity contribution in [2.45, 2.75) is 25.7 Å². The summed E-state index contributed by atoms with van der Waals surface area (Å²) in [7, 11) is 0. The predicted octanol–water partition coefficient (Wildman–Crippen LogP) is 1.89. The molecule has 1 atom stereocenters. The highest BCUT2D eigenvalue weighted by Gasteiger charge is 2.23. The van der Waals surface area contributed by atoms with Crippen molar-refractivity contribution in [1.29, 1.82) is 0 Å².